The molecule has 1 N–H and O–H groups in total. The highest BCUT2D eigenvalue weighted by Crippen LogP contribution is 2.13. The van der Waals surface area contributed by atoms with Crippen molar-refractivity contribution in [1.29, 1.82) is 0 Å². The van der Waals surface area contributed by atoms with Crippen molar-refractivity contribution in [2.75, 3.05) is 12.4 Å². The molecule has 0 fully saturated rings. The summed E-state index contributed by atoms with van der Waals surface area (Å²) in [6, 6.07) is 25.5. The quantitative estimate of drug-likeness (QED) is 0.128. The Morgan fingerprint density at radius 1 is 0.744 bits per heavy atom. The normalized spacial score (nSPS) is 13.9. The highest BCUT2D eigenvalue weighted by molar-refractivity contribution is 7.85. The predicted octanol–water partition coefficient (Wildman–Crippen LogP) is 7.60. The van der Waals surface area contributed by atoms with Gasteiger partial charge in [-0.3, -0.25) is 4.21 Å². The van der Waals surface area contributed by atoms with Crippen LogP contribution in [0.4, 0.5) is 0 Å². The number of allylic oxidation sites excluding steroid dienone is 1. The smallest absolute Gasteiger partial charge is 0.125 e. The van der Waals surface area contributed by atoms with E-state index < -0.39 is 21.8 Å². The van der Waals surface area contributed by atoms with Crippen LogP contribution in [0.5, 0.6) is 0 Å². The van der Waals surface area contributed by atoms with Gasteiger partial charge < -0.3 is 4.74 Å². The van der Waals surface area contributed by atoms with E-state index in [1.165, 1.54) is 31.2 Å². The zero-order valence-electron chi connectivity index (χ0n) is 23.3. The largest absolute Gasteiger partial charge is 0.377 e. The van der Waals surface area contributed by atoms with Gasteiger partial charge in [-0.25, -0.2) is 8.93 Å². The minimum atomic E-state index is -1.37. The molecule has 0 radical (unpaired) electrons. The van der Waals surface area contributed by atoms with Crippen molar-refractivity contribution in [3.63, 3.8) is 0 Å². The maximum absolute atomic E-state index is 13.0. The van der Waals surface area contributed by atoms with Crippen molar-refractivity contribution in [3.05, 3.63) is 108 Å². The predicted molar refractivity (Wildman–Crippen MR) is 165 cm³/mol. The third-order valence-corrected chi connectivity index (χ3v) is 9.17. The summed E-state index contributed by atoms with van der Waals surface area (Å²) in [5.41, 5.74) is 3.50. The van der Waals surface area contributed by atoms with E-state index in [9.17, 15) is 8.42 Å². The number of rotatable bonds is 18. The van der Waals surface area contributed by atoms with E-state index in [1.807, 2.05) is 86.7 Å². The summed E-state index contributed by atoms with van der Waals surface area (Å²) in [6.45, 7) is 5.55. The van der Waals surface area contributed by atoms with Crippen molar-refractivity contribution < 1.29 is 13.2 Å². The summed E-state index contributed by atoms with van der Waals surface area (Å²) in [5.74, 6) is 0.378. The van der Waals surface area contributed by atoms with Crippen LogP contribution < -0.4 is 4.72 Å². The van der Waals surface area contributed by atoms with Crippen LogP contribution in [0, 0.1) is 13.8 Å². The van der Waals surface area contributed by atoms with Gasteiger partial charge in [-0.05, 0) is 62.9 Å². The van der Waals surface area contributed by atoms with Gasteiger partial charge in [0.1, 0.15) is 11.0 Å². The minimum Gasteiger partial charge on any atom is -0.377 e. The van der Waals surface area contributed by atoms with Crippen LogP contribution in [0.3, 0.4) is 0 Å². The zero-order chi connectivity index (χ0) is 27.7. The van der Waals surface area contributed by atoms with Gasteiger partial charge in [-0.1, -0.05) is 104 Å². The monoisotopic (exact) mass is 565 g/mol. The third kappa shape index (κ3) is 12.6. The molecule has 4 nitrogen and oxygen atoms in total. The molecule has 0 bridgehead atoms. The van der Waals surface area contributed by atoms with Crippen LogP contribution in [0.2, 0.25) is 0 Å². The molecule has 6 heteroatoms. The molecule has 3 aromatic rings. The van der Waals surface area contributed by atoms with E-state index in [2.05, 4.69) is 22.9 Å². The lowest BCUT2D eigenvalue weighted by Crippen LogP contribution is -2.34. The molecule has 3 atom stereocenters. The molecule has 39 heavy (non-hydrogen) atoms. The lowest BCUT2D eigenvalue weighted by molar-refractivity contribution is 0.116. The van der Waals surface area contributed by atoms with Gasteiger partial charge in [-0.2, -0.15) is 0 Å². The first-order valence-corrected chi connectivity index (χ1v) is 16.5. The van der Waals surface area contributed by atoms with Crippen molar-refractivity contribution in [3.8, 4) is 0 Å². The number of ether oxygens (including phenoxy) is 1. The average molecular weight is 566 g/mol. The lowest BCUT2D eigenvalue weighted by atomic mass is 10.1. The van der Waals surface area contributed by atoms with E-state index in [4.69, 9.17) is 4.74 Å². The number of aryl methyl sites for hydroxylation is 2. The molecule has 0 aliphatic rings. The van der Waals surface area contributed by atoms with Crippen molar-refractivity contribution in [2.45, 2.75) is 81.2 Å². The maximum atomic E-state index is 13.0. The van der Waals surface area contributed by atoms with E-state index in [0.717, 1.165) is 46.8 Å². The number of benzene rings is 3. The van der Waals surface area contributed by atoms with Crippen LogP contribution in [0.15, 0.2) is 101 Å². The summed E-state index contributed by atoms with van der Waals surface area (Å²) in [6.07, 6.45) is 12.2. The Labute approximate surface area is 240 Å². The van der Waals surface area contributed by atoms with Crippen molar-refractivity contribution in [1.82, 2.24) is 4.72 Å². The molecule has 0 aromatic heterocycles. The minimum absolute atomic E-state index is 0.245. The first kappa shape index (κ1) is 31.2. The fraction of sp³-hybridized carbons (Fsp3) is 0.394. The summed E-state index contributed by atoms with van der Waals surface area (Å²) in [4.78, 5) is 1.53. The number of unbranched alkanes of at least 4 members (excludes halogenated alkanes) is 6. The van der Waals surface area contributed by atoms with Gasteiger partial charge >= 0.3 is 0 Å². The molecule has 0 saturated carbocycles. The van der Waals surface area contributed by atoms with Crippen LogP contribution >= 0.6 is 0 Å². The maximum Gasteiger partial charge on any atom is 0.125 e. The molecular weight excluding hydrogens is 523 g/mol. The Hall–Kier alpha value is -2.38. The zero-order valence-corrected chi connectivity index (χ0v) is 25.0. The molecule has 0 aliphatic carbocycles. The fourth-order valence-corrected chi connectivity index (χ4v) is 6.36. The number of nitrogens with one attached hydrogen (secondary N) is 1. The van der Waals surface area contributed by atoms with Gasteiger partial charge in [0, 0.05) is 23.3 Å². The first-order chi connectivity index (χ1) is 19.0. The molecule has 0 amide bonds. The fourth-order valence-electron chi connectivity index (χ4n) is 4.14. The first-order valence-electron chi connectivity index (χ1n) is 14.0. The average Bonchev–Trinajstić information content (AvgIpc) is 2.94. The molecule has 210 valence electrons. The van der Waals surface area contributed by atoms with E-state index in [1.54, 1.807) is 0 Å². The molecule has 0 spiro atoms. The standard InChI is InChI=1S/C33H43NO3S2/c1-28-17-21-32(22-18-28)38(35)27-31(34-39(36)33-23-19-29(2)20-24-33)16-12-7-5-3-4-6-8-13-25-37-26-30-14-10-9-11-15-30/h9-12,14-24,31,34H,3-8,13,25-27H2,1-2H3/b16-12+/t31-,38-,39+/m1/s1. The summed E-state index contributed by atoms with van der Waals surface area (Å²) >= 11 is 0. The summed E-state index contributed by atoms with van der Waals surface area (Å²) in [5, 5.41) is 0. The van der Waals surface area contributed by atoms with Gasteiger partial charge in [0.2, 0.25) is 0 Å². The Morgan fingerprint density at radius 3 is 2.00 bits per heavy atom. The Bertz CT molecular complexity index is 1100. The second kappa shape index (κ2) is 18.1. The van der Waals surface area contributed by atoms with E-state index >= 15 is 0 Å². The van der Waals surface area contributed by atoms with Crippen LogP contribution in [0.1, 0.15) is 61.6 Å². The Kier molecular flexibility index (Phi) is 14.4. The number of hydrogen-bond donors (Lipinski definition) is 1. The topological polar surface area (TPSA) is 55.4 Å². The lowest BCUT2D eigenvalue weighted by Gasteiger charge is -2.15. The van der Waals surface area contributed by atoms with Gasteiger partial charge in [-0.15, -0.1) is 0 Å². The summed E-state index contributed by atoms with van der Waals surface area (Å²) in [7, 11) is -2.55. The highest BCUT2D eigenvalue weighted by Gasteiger charge is 2.15. The van der Waals surface area contributed by atoms with Gasteiger partial charge in [0.05, 0.1) is 22.3 Å². The second-order valence-corrected chi connectivity index (χ2v) is 12.7. The van der Waals surface area contributed by atoms with Gasteiger partial charge in [0.25, 0.3) is 0 Å². The van der Waals surface area contributed by atoms with Crippen molar-refractivity contribution >= 4 is 21.8 Å². The molecule has 3 rings (SSSR count). The highest BCUT2D eigenvalue weighted by atomic mass is 32.2. The van der Waals surface area contributed by atoms with Crippen LogP contribution in [-0.2, 0) is 33.1 Å². The third-order valence-electron chi connectivity index (χ3n) is 6.50. The Balaban J connectivity index is 1.37. The van der Waals surface area contributed by atoms with Crippen LogP contribution in [0.25, 0.3) is 0 Å². The van der Waals surface area contributed by atoms with E-state index in [-0.39, 0.29) is 6.04 Å². The SMILES string of the molecule is Cc1ccc([S@](=O)C[C@@H](/C=C/CCCCCCCCOCc2ccccc2)N[S@@](=O)c2ccc(C)cc2)cc1. The number of hydrogen-bond acceptors (Lipinski definition) is 3. The molecular formula is C33H43NO3S2. The molecule has 0 saturated heterocycles. The van der Waals surface area contributed by atoms with Crippen LogP contribution in [-0.4, -0.2) is 26.8 Å². The van der Waals surface area contributed by atoms with E-state index in [0.29, 0.717) is 12.4 Å². The molecule has 3 aromatic carbocycles. The molecule has 0 aliphatic heterocycles. The second-order valence-electron chi connectivity index (χ2n) is 10.0. The molecule has 0 heterocycles. The molecule has 0 unspecified atom stereocenters. The summed E-state index contributed by atoms with van der Waals surface area (Å²) < 4.78 is 34.9. The Morgan fingerprint density at radius 2 is 1.33 bits per heavy atom. The van der Waals surface area contributed by atoms with Gasteiger partial charge in [0.15, 0.2) is 0 Å². The van der Waals surface area contributed by atoms with Crippen molar-refractivity contribution in [2.24, 2.45) is 0 Å².